The van der Waals surface area contributed by atoms with Gasteiger partial charge in [0.15, 0.2) is 5.13 Å². The molecule has 0 saturated heterocycles. The maximum Gasteiger partial charge on any atom is 0.347 e. The van der Waals surface area contributed by atoms with Gasteiger partial charge in [-0.3, -0.25) is 0 Å². The lowest BCUT2D eigenvalue weighted by molar-refractivity contribution is 0.0697. The smallest absolute Gasteiger partial charge is 0.347 e. The number of ether oxygens (including phenoxy) is 1. The highest BCUT2D eigenvalue weighted by molar-refractivity contribution is 7.17. The quantitative estimate of drug-likeness (QED) is 0.846. The predicted octanol–water partition coefficient (Wildman–Crippen LogP) is 3.15. The van der Waals surface area contributed by atoms with Crippen LogP contribution >= 0.6 is 11.3 Å². The number of nitrogens with zero attached hydrogens (tertiary/aromatic N) is 2. The number of methoxy groups -OCH3 is 1. The van der Waals surface area contributed by atoms with E-state index in [4.69, 9.17) is 4.74 Å². The van der Waals surface area contributed by atoms with Crippen molar-refractivity contribution in [1.82, 2.24) is 4.98 Å². The second-order valence-corrected chi connectivity index (χ2v) is 6.24. The van der Waals surface area contributed by atoms with Crippen LogP contribution in [0.3, 0.4) is 0 Å². The summed E-state index contributed by atoms with van der Waals surface area (Å²) in [4.78, 5) is 18.2. The van der Waals surface area contributed by atoms with Crippen LogP contribution in [0.4, 0.5) is 5.13 Å². The minimum Gasteiger partial charge on any atom is -0.477 e. The van der Waals surface area contributed by atoms with Crippen LogP contribution in [0.2, 0.25) is 0 Å². The maximum atomic E-state index is 11.3. The molecule has 1 aliphatic carbocycles. The molecule has 0 spiro atoms. The third-order valence-electron chi connectivity index (χ3n) is 3.84. The number of anilines is 1. The van der Waals surface area contributed by atoms with Gasteiger partial charge in [0.25, 0.3) is 0 Å². The van der Waals surface area contributed by atoms with Crippen molar-refractivity contribution in [1.29, 1.82) is 0 Å². The molecule has 0 bridgehead atoms. The molecule has 0 radical (unpaired) electrons. The van der Waals surface area contributed by atoms with Crippen LogP contribution in [0.5, 0.6) is 0 Å². The molecule has 1 aliphatic rings. The van der Waals surface area contributed by atoms with Gasteiger partial charge in [-0.25, -0.2) is 9.78 Å². The Labute approximate surface area is 123 Å². The molecule has 5 nitrogen and oxygen atoms in total. The number of carboxylic acids is 1. The van der Waals surface area contributed by atoms with E-state index in [9.17, 15) is 9.90 Å². The van der Waals surface area contributed by atoms with Gasteiger partial charge >= 0.3 is 5.97 Å². The fourth-order valence-electron chi connectivity index (χ4n) is 2.69. The van der Waals surface area contributed by atoms with E-state index in [1.165, 1.54) is 37.0 Å². The van der Waals surface area contributed by atoms with Crippen molar-refractivity contribution < 1.29 is 14.6 Å². The first-order valence-electron chi connectivity index (χ1n) is 7.08. The van der Waals surface area contributed by atoms with Crippen molar-refractivity contribution in [2.75, 3.05) is 19.1 Å². The Kier molecular flexibility index (Phi) is 5.37. The van der Waals surface area contributed by atoms with Crippen molar-refractivity contribution in [3.05, 3.63) is 10.6 Å². The van der Waals surface area contributed by atoms with Crippen molar-refractivity contribution in [2.45, 2.75) is 51.2 Å². The molecular weight excluding hydrogens is 276 g/mol. The van der Waals surface area contributed by atoms with E-state index >= 15 is 0 Å². The Morgan fingerprint density at radius 1 is 1.40 bits per heavy atom. The maximum absolute atomic E-state index is 11.3. The average Bonchev–Trinajstić information content (AvgIpc) is 2.67. The summed E-state index contributed by atoms with van der Waals surface area (Å²) in [5.41, 5.74) is 0.528. The van der Waals surface area contributed by atoms with Crippen LogP contribution in [-0.2, 0) is 11.3 Å². The Balaban J connectivity index is 2.18. The molecule has 0 amide bonds. The van der Waals surface area contributed by atoms with Crippen molar-refractivity contribution in [3.63, 3.8) is 0 Å². The molecule has 1 heterocycles. The average molecular weight is 298 g/mol. The first kappa shape index (κ1) is 15.3. The monoisotopic (exact) mass is 298 g/mol. The normalized spacial score (nSPS) is 16.9. The summed E-state index contributed by atoms with van der Waals surface area (Å²) in [6, 6.07) is 0.473. The van der Waals surface area contributed by atoms with E-state index < -0.39 is 5.97 Å². The lowest BCUT2D eigenvalue weighted by atomic mass is 10.1. The fraction of sp³-hybridized carbons (Fsp3) is 0.714. The SMILES string of the molecule is COCc1nc(N(C)C2CCCCCC2)sc1C(=O)O. The largest absolute Gasteiger partial charge is 0.477 e. The Morgan fingerprint density at radius 2 is 2.05 bits per heavy atom. The fourth-order valence-corrected chi connectivity index (χ4v) is 3.63. The molecule has 6 heteroatoms. The highest BCUT2D eigenvalue weighted by Gasteiger charge is 2.23. The molecule has 0 unspecified atom stereocenters. The molecule has 20 heavy (non-hydrogen) atoms. The van der Waals surface area contributed by atoms with Gasteiger partial charge in [-0.15, -0.1) is 0 Å². The molecule has 112 valence electrons. The van der Waals surface area contributed by atoms with Gasteiger partial charge < -0.3 is 14.7 Å². The Bertz CT molecular complexity index is 453. The Hall–Kier alpha value is -1.14. The Morgan fingerprint density at radius 3 is 2.60 bits per heavy atom. The van der Waals surface area contributed by atoms with Gasteiger partial charge in [-0.1, -0.05) is 37.0 Å². The minimum atomic E-state index is -0.921. The molecule has 2 rings (SSSR count). The van der Waals surface area contributed by atoms with E-state index in [2.05, 4.69) is 9.88 Å². The topological polar surface area (TPSA) is 62.7 Å². The van der Waals surface area contributed by atoms with Crippen molar-refractivity contribution in [2.24, 2.45) is 0 Å². The van der Waals surface area contributed by atoms with Crippen LogP contribution < -0.4 is 4.90 Å². The number of carbonyl (C=O) groups is 1. The summed E-state index contributed by atoms with van der Waals surface area (Å²) in [5, 5.41) is 10.0. The van der Waals surface area contributed by atoms with Crippen LogP contribution in [0.1, 0.15) is 53.9 Å². The summed E-state index contributed by atoms with van der Waals surface area (Å²) in [5.74, 6) is -0.921. The number of hydrogen-bond donors (Lipinski definition) is 1. The van der Waals surface area contributed by atoms with Crippen LogP contribution in [0.15, 0.2) is 0 Å². The zero-order chi connectivity index (χ0) is 14.5. The highest BCUT2D eigenvalue weighted by atomic mass is 32.1. The predicted molar refractivity (Wildman–Crippen MR) is 79.7 cm³/mol. The van der Waals surface area contributed by atoms with Crippen molar-refractivity contribution in [3.8, 4) is 0 Å². The molecule has 0 atom stereocenters. The van der Waals surface area contributed by atoms with E-state index in [0.717, 1.165) is 18.0 Å². The molecule has 0 aliphatic heterocycles. The molecule has 1 aromatic rings. The van der Waals surface area contributed by atoms with Gasteiger partial charge in [-0.2, -0.15) is 0 Å². The van der Waals surface area contributed by atoms with E-state index in [1.807, 2.05) is 7.05 Å². The van der Waals surface area contributed by atoms with E-state index in [-0.39, 0.29) is 6.61 Å². The standard InChI is InChI=1S/C14H22N2O3S/c1-16(10-7-5-3-4-6-8-10)14-15-11(9-19-2)12(20-14)13(17)18/h10H,3-9H2,1-2H3,(H,17,18). The van der Waals surface area contributed by atoms with Gasteiger partial charge in [0.05, 0.1) is 12.3 Å². The van der Waals surface area contributed by atoms with Crippen LogP contribution in [0.25, 0.3) is 0 Å². The van der Waals surface area contributed by atoms with E-state index in [1.54, 1.807) is 7.11 Å². The summed E-state index contributed by atoms with van der Waals surface area (Å²) in [6.07, 6.45) is 7.43. The van der Waals surface area contributed by atoms with Crippen LogP contribution in [-0.4, -0.2) is 36.3 Å². The molecule has 1 N–H and O–H groups in total. The third kappa shape index (κ3) is 3.49. The second kappa shape index (κ2) is 7.04. The molecule has 1 aromatic heterocycles. The van der Waals surface area contributed by atoms with Crippen molar-refractivity contribution >= 4 is 22.4 Å². The van der Waals surface area contributed by atoms with Crippen LogP contribution in [0, 0.1) is 0 Å². The zero-order valence-electron chi connectivity index (χ0n) is 12.1. The lowest BCUT2D eigenvalue weighted by Crippen LogP contribution is -2.30. The summed E-state index contributed by atoms with van der Waals surface area (Å²) in [7, 11) is 3.58. The minimum absolute atomic E-state index is 0.247. The van der Waals surface area contributed by atoms with Gasteiger partial charge in [0, 0.05) is 20.2 Å². The number of carboxylic acid groups (broad SMARTS) is 1. The highest BCUT2D eigenvalue weighted by Crippen LogP contribution is 2.31. The third-order valence-corrected chi connectivity index (χ3v) is 5.01. The summed E-state index contributed by atoms with van der Waals surface area (Å²) < 4.78 is 5.04. The van der Waals surface area contributed by atoms with Gasteiger partial charge in [-0.05, 0) is 12.8 Å². The second-order valence-electron chi connectivity index (χ2n) is 5.27. The molecule has 0 aromatic carbocycles. The van der Waals surface area contributed by atoms with Gasteiger partial charge in [0.2, 0.25) is 0 Å². The number of rotatable bonds is 5. The summed E-state index contributed by atoms with van der Waals surface area (Å²) >= 11 is 1.25. The van der Waals surface area contributed by atoms with Gasteiger partial charge in [0.1, 0.15) is 4.88 Å². The number of hydrogen-bond acceptors (Lipinski definition) is 5. The first-order chi connectivity index (χ1) is 9.63. The number of aromatic nitrogens is 1. The summed E-state index contributed by atoms with van der Waals surface area (Å²) in [6.45, 7) is 0.247. The first-order valence-corrected chi connectivity index (χ1v) is 7.90. The molecular formula is C14H22N2O3S. The molecule has 1 saturated carbocycles. The lowest BCUT2D eigenvalue weighted by Gasteiger charge is -2.26. The number of thiazole rings is 1. The zero-order valence-corrected chi connectivity index (χ0v) is 12.9. The van der Waals surface area contributed by atoms with E-state index in [0.29, 0.717) is 16.6 Å². The molecule has 1 fully saturated rings. The number of aromatic carboxylic acids is 1.